The number of rotatable bonds is 10. The summed E-state index contributed by atoms with van der Waals surface area (Å²) in [7, 11) is 1.43. The van der Waals surface area contributed by atoms with Crippen LogP contribution in [-0.4, -0.2) is 37.6 Å². The molecule has 0 saturated carbocycles. The third-order valence-electron chi connectivity index (χ3n) is 4.03. The van der Waals surface area contributed by atoms with E-state index in [2.05, 4.69) is 17.2 Å². The molecule has 0 unspecified atom stereocenters. The number of amides is 1. The van der Waals surface area contributed by atoms with E-state index < -0.39 is 28.3 Å². The van der Waals surface area contributed by atoms with Crippen molar-refractivity contribution in [2.75, 3.05) is 32.1 Å². The zero-order valence-electron chi connectivity index (χ0n) is 16.5. The van der Waals surface area contributed by atoms with E-state index in [0.717, 1.165) is 12.1 Å². The van der Waals surface area contributed by atoms with E-state index in [1.54, 1.807) is 12.1 Å². The highest BCUT2D eigenvalue weighted by Gasteiger charge is 2.33. The Hall–Kier alpha value is -3.76. The fraction of sp³-hybridized carbons (Fsp3) is 0.250. The molecule has 2 aromatic carbocycles. The summed E-state index contributed by atoms with van der Waals surface area (Å²) in [6, 6.07) is 6.78. The first-order valence-corrected chi connectivity index (χ1v) is 8.96. The van der Waals surface area contributed by atoms with Crippen molar-refractivity contribution >= 4 is 17.3 Å². The third kappa shape index (κ3) is 6.36. The minimum absolute atomic E-state index is 0.0512. The minimum Gasteiger partial charge on any atom is -0.493 e. The van der Waals surface area contributed by atoms with Gasteiger partial charge >= 0.3 is 6.18 Å². The van der Waals surface area contributed by atoms with Crippen LogP contribution in [0, 0.1) is 10.1 Å². The lowest BCUT2D eigenvalue weighted by Crippen LogP contribution is -2.28. The average molecular weight is 439 g/mol. The fourth-order valence-corrected chi connectivity index (χ4v) is 2.56. The molecule has 2 aromatic rings. The quantitative estimate of drug-likeness (QED) is 0.251. The fourth-order valence-electron chi connectivity index (χ4n) is 2.56. The molecule has 31 heavy (non-hydrogen) atoms. The highest BCUT2D eigenvalue weighted by atomic mass is 19.4. The number of carbonyl (C=O) groups is 1. The van der Waals surface area contributed by atoms with Gasteiger partial charge in [-0.1, -0.05) is 12.7 Å². The molecule has 0 saturated heterocycles. The second-order valence-corrected chi connectivity index (χ2v) is 6.13. The molecule has 166 valence electrons. The normalized spacial score (nSPS) is 10.8. The van der Waals surface area contributed by atoms with Crippen molar-refractivity contribution in [2.45, 2.75) is 6.18 Å². The van der Waals surface area contributed by atoms with Gasteiger partial charge in [-0.2, -0.15) is 13.2 Å². The monoisotopic (exact) mass is 439 g/mol. The van der Waals surface area contributed by atoms with Crippen LogP contribution in [0.4, 0.5) is 24.5 Å². The van der Waals surface area contributed by atoms with Crippen LogP contribution in [0.15, 0.2) is 49.1 Å². The van der Waals surface area contributed by atoms with Gasteiger partial charge in [0.05, 0.1) is 17.6 Å². The van der Waals surface area contributed by atoms with Gasteiger partial charge in [0.25, 0.3) is 11.6 Å². The predicted octanol–water partition coefficient (Wildman–Crippen LogP) is 4.03. The number of methoxy groups -OCH3 is 1. The van der Waals surface area contributed by atoms with Gasteiger partial charge in [0, 0.05) is 24.7 Å². The summed E-state index contributed by atoms with van der Waals surface area (Å²) < 4.78 is 48.8. The topological polar surface area (TPSA) is 103 Å². The standard InChI is InChI=1S/C20H20F3N3O5/c1-3-10-31-17-7-4-13(11-18(17)30-2)19(27)25-9-8-24-15-6-5-14(20(21,22)23)12-16(15)26(28)29/h3-7,11-12,24H,1,8-10H2,2H3,(H,25,27). The van der Waals surface area contributed by atoms with E-state index in [1.165, 1.54) is 19.2 Å². The van der Waals surface area contributed by atoms with E-state index in [4.69, 9.17) is 9.47 Å². The van der Waals surface area contributed by atoms with E-state index in [-0.39, 0.29) is 25.4 Å². The van der Waals surface area contributed by atoms with Crippen LogP contribution in [-0.2, 0) is 6.18 Å². The summed E-state index contributed by atoms with van der Waals surface area (Å²) in [5.41, 5.74) is -1.62. The molecule has 11 heteroatoms. The summed E-state index contributed by atoms with van der Waals surface area (Å²) in [5.74, 6) is 0.362. The van der Waals surface area contributed by atoms with Gasteiger partial charge in [-0.05, 0) is 30.3 Å². The van der Waals surface area contributed by atoms with Crippen molar-refractivity contribution in [1.29, 1.82) is 0 Å². The lowest BCUT2D eigenvalue weighted by atomic mass is 10.1. The molecular formula is C20H20F3N3O5. The van der Waals surface area contributed by atoms with Gasteiger partial charge in [0.2, 0.25) is 0 Å². The van der Waals surface area contributed by atoms with E-state index in [9.17, 15) is 28.1 Å². The third-order valence-corrected chi connectivity index (χ3v) is 4.03. The first-order valence-electron chi connectivity index (χ1n) is 8.96. The molecule has 2 N–H and O–H groups in total. The van der Waals surface area contributed by atoms with E-state index in [0.29, 0.717) is 23.1 Å². The zero-order chi connectivity index (χ0) is 23.0. The Balaban J connectivity index is 1.97. The molecule has 0 atom stereocenters. The molecule has 0 spiro atoms. The maximum absolute atomic E-state index is 12.7. The molecule has 0 aromatic heterocycles. The first kappa shape index (κ1) is 23.5. The molecule has 0 bridgehead atoms. The number of nitrogens with one attached hydrogen (secondary N) is 2. The van der Waals surface area contributed by atoms with Crippen molar-refractivity contribution in [3.05, 3.63) is 70.3 Å². The second-order valence-electron chi connectivity index (χ2n) is 6.13. The van der Waals surface area contributed by atoms with Crippen LogP contribution >= 0.6 is 0 Å². The zero-order valence-corrected chi connectivity index (χ0v) is 16.5. The smallest absolute Gasteiger partial charge is 0.416 e. The summed E-state index contributed by atoms with van der Waals surface area (Å²) >= 11 is 0. The molecule has 1 amide bonds. The van der Waals surface area contributed by atoms with Crippen LogP contribution in [0.3, 0.4) is 0 Å². The molecule has 2 rings (SSSR count). The number of alkyl halides is 3. The Kier molecular flexibility index (Phi) is 7.83. The van der Waals surface area contributed by atoms with E-state index >= 15 is 0 Å². The van der Waals surface area contributed by atoms with Crippen LogP contribution in [0.25, 0.3) is 0 Å². The predicted molar refractivity (Wildman–Crippen MR) is 108 cm³/mol. The van der Waals surface area contributed by atoms with Gasteiger partial charge in [-0.3, -0.25) is 14.9 Å². The number of ether oxygens (including phenoxy) is 2. The second kappa shape index (κ2) is 10.3. The molecule has 0 aliphatic carbocycles. The number of carbonyl (C=O) groups excluding carboxylic acids is 1. The van der Waals surface area contributed by atoms with Crippen molar-refractivity contribution in [1.82, 2.24) is 5.32 Å². The van der Waals surface area contributed by atoms with Crippen molar-refractivity contribution in [3.8, 4) is 11.5 Å². The Morgan fingerprint density at radius 1 is 1.19 bits per heavy atom. The summed E-state index contributed by atoms with van der Waals surface area (Å²) in [6.45, 7) is 3.93. The highest BCUT2D eigenvalue weighted by Crippen LogP contribution is 2.34. The van der Waals surface area contributed by atoms with Crippen LogP contribution in [0.1, 0.15) is 15.9 Å². The number of benzene rings is 2. The molecule has 0 aliphatic rings. The number of anilines is 1. The largest absolute Gasteiger partial charge is 0.493 e. The van der Waals surface area contributed by atoms with E-state index in [1.807, 2.05) is 0 Å². The number of nitro benzene ring substituents is 1. The lowest BCUT2D eigenvalue weighted by molar-refractivity contribution is -0.384. The summed E-state index contributed by atoms with van der Waals surface area (Å²) in [5, 5.41) is 16.3. The van der Waals surface area contributed by atoms with Gasteiger partial charge in [0.1, 0.15) is 12.3 Å². The van der Waals surface area contributed by atoms with Crippen molar-refractivity contribution in [3.63, 3.8) is 0 Å². The number of hydrogen-bond acceptors (Lipinski definition) is 6. The summed E-state index contributed by atoms with van der Waals surface area (Å²) in [4.78, 5) is 22.5. The summed E-state index contributed by atoms with van der Waals surface area (Å²) in [6.07, 6.45) is -3.13. The average Bonchev–Trinajstić information content (AvgIpc) is 2.74. The number of nitro groups is 1. The Labute approximate surface area is 175 Å². The van der Waals surface area contributed by atoms with Crippen LogP contribution in [0.2, 0.25) is 0 Å². The van der Waals surface area contributed by atoms with Gasteiger partial charge in [-0.25, -0.2) is 0 Å². The Bertz CT molecular complexity index is 964. The Morgan fingerprint density at radius 2 is 1.94 bits per heavy atom. The minimum atomic E-state index is -4.69. The maximum atomic E-state index is 12.7. The Morgan fingerprint density at radius 3 is 2.55 bits per heavy atom. The van der Waals surface area contributed by atoms with Gasteiger partial charge < -0.3 is 20.1 Å². The SMILES string of the molecule is C=CCOc1ccc(C(=O)NCCNc2ccc(C(F)(F)F)cc2[N+](=O)[O-])cc1OC. The molecule has 0 aliphatic heterocycles. The number of nitrogens with zero attached hydrogens (tertiary/aromatic N) is 1. The maximum Gasteiger partial charge on any atom is 0.416 e. The van der Waals surface area contributed by atoms with Gasteiger partial charge in [-0.15, -0.1) is 0 Å². The number of hydrogen-bond donors (Lipinski definition) is 2. The van der Waals surface area contributed by atoms with Gasteiger partial charge in [0.15, 0.2) is 11.5 Å². The van der Waals surface area contributed by atoms with Crippen molar-refractivity contribution < 1.29 is 32.4 Å². The molecule has 0 fully saturated rings. The first-order chi connectivity index (χ1) is 14.7. The molecule has 0 radical (unpaired) electrons. The van der Waals surface area contributed by atoms with Crippen molar-refractivity contribution in [2.24, 2.45) is 0 Å². The molecule has 8 nitrogen and oxygen atoms in total. The number of halogens is 3. The van der Waals surface area contributed by atoms with Crippen LogP contribution in [0.5, 0.6) is 11.5 Å². The highest BCUT2D eigenvalue weighted by molar-refractivity contribution is 5.94. The van der Waals surface area contributed by atoms with Crippen LogP contribution < -0.4 is 20.1 Å². The lowest BCUT2D eigenvalue weighted by Gasteiger charge is -2.12. The molecular weight excluding hydrogens is 419 g/mol. The molecule has 0 heterocycles.